The zero-order chi connectivity index (χ0) is 21.7. The highest BCUT2D eigenvalue weighted by Crippen LogP contribution is 2.38. The molecule has 3 rings (SSSR count). The van der Waals surface area contributed by atoms with Crippen LogP contribution < -0.4 is 15.4 Å². The van der Waals surface area contributed by atoms with E-state index in [0.717, 1.165) is 26.8 Å². The van der Waals surface area contributed by atoms with Gasteiger partial charge in [0.15, 0.2) is 5.75 Å². The fourth-order valence-electron chi connectivity index (χ4n) is 2.83. The van der Waals surface area contributed by atoms with Crippen molar-refractivity contribution in [3.63, 3.8) is 0 Å². The molecule has 9 heteroatoms. The van der Waals surface area contributed by atoms with E-state index in [0.29, 0.717) is 40.0 Å². The van der Waals surface area contributed by atoms with Crippen molar-refractivity contribution >= 4 is 83.8 Å². The molecule has 0 spiro atoms. The van der Waals surface area contributed by atoms with Gasteiger partial charge in [-0.2, -0.15) is 0 Å². The van der Waals surface area contributed by atoms with Gasteiger partial charge in [0.2, 0.25) is 0 Å². The molecule has 0 saturated carbocycles. The third-order valence-corrected chi connectivity index (χ3v) is 6.00. The largest absolute Gasteiger partial charge is 0.412 e. The topological polar surface area (TPSA) is 76.7 Å². The van der Waals surface area contributed by atoms with Crippen LogP contribution in [-0.2, 0) is 9.53 Å². The number of benzene rings is 2. The van der Waals surface area contributed by atoms with E-state index in [1.54, 1.807) is 12.1 Å². The summed E-state index contributed by atoms with van der Waals surface area (Å²) in [6.07, 6.45) is 2.17. The van der Waals surface area contributed by atoms with E-state index >= 15 is 0 Å². The third kappa shape index (κ3) is 5.83. The Morgan fingerprint density at radius 2 is 1.93 bits per heavy atom. The summed E-state index contributed by atoms with van der Waals surface area (Å²) in [5, 5.41) is 5.52. The van der Waals surface area contributed by atoms with Gasteiger partial charge in [-0.25, -0.2) is 4.79 Å². The standard InChI is InChI=1S/C21H19Br2IN2O4/c1-2-6-29-7-5-25-21(28)30-19-16(22)9-12(10-17(19)23)8-15-14-11-13(24)3-4-18(14)26-20(15)27/h3-4,8-11H,2,5-7H2,1H3,(H,25,28)(H,26,27)/b15-8-. The van der Waals surface area contributed by atoms with Gasteiger partial charge < -0.3 is 20.1 Å². The number of nitrogens with one attached hydrogen (secondary N) is 2. The molecule has 0 aliphatic carbocycles. The Hall–Kier alpha value is -1.43. The van der Waals surface area contributed by atoms with Crippen molar-refractivity contribution in [3.8, 4) is 5.75 Å². The molecule has 2 N–H and O–H groups in total. The smallest absolute Gasteiger partial charge is 0.408 e. The predicted molar refractivity (Wildman–Crippen MR) is 133 cm³/mol. The minimum atomic E-state index is -0.568. The van der Waals surface area contributed by atoms with E-state index < -0.39 is 6.09 Å². The number of halogens is 3. The summed E-state index contributed by atoms with van der Waals surface area (Å²) < 4.78 is 12.9. The molecule has 158 valence electrons. The lowest BCUT2D eigenvalue weighted by Crippen LogP contribution is -2.30. The summed E-state index contributed by atoms with van der Waals surface area (Å²) in [5.41, 5.74) is 3.03. The Kier molecular flexibility index (Phi) is 8.32. The lowest BCUT2D eigenvalue weighted by atomic mass is 10.0. The summed E-state index contributed by atoms with van der Waals surface area (Å²) in [5.74, 6) is 0.208. The van der Waals surface area contributed by atoms with Crippen LogP contribution in [0.25, 0.3) is 11.6 Å². The average molecular weight is 650 g/mol. The highest BCUT2D eigenvalue weighted by Gasteiger charge is 2.24. The highest BCUT2D eigenvalue weighted by molar-refractivity contribution is 14.1. The molecule has 2 aromatic rings. The van der Waals surface area contributed by atoms with E-state index in [1.165, 1.54) is 0 Å². The summed E-state index contributed by atoms with van der Waals surface area (Å²) in [4.78, 5) is 24.4. The number of carbonyl (C=O) groups excluding carboxylic acids is 2. The maximum atomic E-state index is 12.4. The second-order valence-corrected chi connectivity index (χ2v) is 9.40. The van der Waals surface area contributed by atoms with Crippen LogP contribution in [0.1, 0.15) is 24.5 Å². The van der Waals surface area contributed by atoms with Crippen LogP contribution >= 0.6 is 54.5 Å². The number of hydrogen-bond donors (Lipinski definition) is 2. The minimum Gasteiger partial charge on any atom is -0.408 e. The molecule has 0 unspecified atom stereocenters. The van der Waals surface area contributed by atoms with Gasteiger partial charge in [0, 0.05) is 33.5 Å². The molecule has 1 aliphatic rings. The second kappa shape index (κ2) is 10.7. The molecule has 2 aromatic carbocycles. The van der Waals surface area contributed by atoms with Gasteiger partial charge >= 0.3 is 6.09 Å². The van der Waals surface area contributed by atoms with Gasteiger partial charge in [-0.3, -0.25) is 4.79 Å². The fraction of sp³-hybridized carbons (Fsp3) is 0.238. The number of fused-ring (bicyclic) bond motifs is 1. The number of anilines is 1. The minimum absolute atomic E-state index is 0.149. The molecule has 0 radical (unpaired) electrons. The molecular formula is C21H19Br2IN2O4. The molecule has 1 aliphatic heterocycles. The van der Waals surface area contributed by atoms with Gasteiger partial charge in [-0.1, -0.05) is 6.92 Å². The van der Waals surface area contributed by atoms with Crippen molar-refractivity contribution in [1.82, 2.24) is 5.32 Å². The van der Waals surface area contributed by atoms with E-state index in [1.807, 2.05) is 31.2 Å². The van der Waals surface area contributed by atoms with E-state index in [2.05, 4.69) is 65.1 Å². The van der Waals surface area contributed by atoms with E-state index in [-0.39, 0.29) is 5.91 Å². The maximum Gasteiger partial charge on any atom is 0.412 e. The number of ether oxygens (including phenoxy) is 2. The summed E-state index contributed by atoms with van der Waals surface area (Å²) in [7, 11) is 0. The van der Waals surface area contributed by atoms with Gasteiger partial charge in [0.1, 0.15) is 0 Å². The quantitative estimate of drug-likeness (QED) is 0.225. The van der Waals surface area contributed by atoms with Crippen LogP contribution in [0.4, 0.5) is 10.5 Å². The van der Waals surface area contributed by atoms with Crippen molar-refractivity contribution in [2.75, 3.05) is 25.1 Å². The number of amides is 2. The van der Waals surface area contributed by atoms with Crippen molar-refractivity contribution in [1.29, 1.82) is 0 Å². The highest BCUT2D eigenvalue weighted by atomic mass is 127. The summed E-state index contributed by atoms with van der Waals surface area (Å²) >= 11 is 9.11. The van der Waals surface area contributed by atoms with Crippen LogP contribution in [0.2, 0.25) is 0 Å². The molecule has 0 aromatic heterocycles. The van der Waals surface area contributed by atoms with E-state index in [4.69, 9.17) is 9.47 Å². The molecular weight excluding hydrogens is 631 g/mol. The Morgan fingerprint density at radius 3 is 2.63 bits per heavy atom. The number of hydrogen-bond acceptors (Lipinski definition) is 4. The zero-order valence-corrected chi connectivity index (χ0v) is 21.4. The normalized spacial score (nSPS) is 13.9. The first kappa shape index (κ1) is 23.2. The molecule has 0 atom stereocenters. The first-order valence-electron chi connectivity index (χ1n) is 9.24. The molecule has 30 heavy (non-hydrogen) atoms. The summed E-state index contributed by atoms with van der Waals surface area (Å²) in [6.45, 7) is 3.48. The molecule has 6 nitrogen and oxygen atoms in total. The van der Waals surface area contributed by atoms with Gasteiger partial charge in [0.25, 0.3) is 5.91 Å². The second-order valence-electron chi connectivity index (χ2n) is 6.44. The fourth-order valence-corrected chi connectivity index (χ4v) is 4.71. The number of rotatable bonds is 7. The summed E-state index contributed by atoms with van der Waals surface area (Å²) in [6, 6.07) is 9.40. The molecule has 0 saturated heterocycles. The Morgan fingerprint density at radius 1 is 1.20 bits per heavy atom. The van der Waals surface area contributed by atoms with Crippen molar-refractivity contribution in [3.05, 3.63) is 54.0 Å². The molecule has 0 bridgehead atoms. The van der Waals surface area contributed by atoms with Gasteiger partial charge in [0.05, 0.1) is 15.6 Å². The SMILES string of the molecule is CCCOCCNC(=O)Oc1c(Br)cc(/C=C2\C(=O)Nc3ccc(I)cc32)cc1Br. The zero-order valence-electron chi connectivity index (χ0n) is 16.1. The van der Waals surface area contributed by atoms with Crippen molar-refractivity contribution in [2.24, 2.45) is 0 Å². The molecule has 2 amide bonds. The van der Waals surface area contributed by atoms with Gasteiger partial charge in [-0.05, 0) is 103 Å². The molecule has 0 fully saturated rings. The predicted octanol–water partition coefficient (Wildman–Crippen LogP) is 5.82. The van der Waals surface area contributed by atoms with E-state index in [9.17, 15) is 9.59 Å². The Bertz CT molecular complexity index is 987. The number of carbonyl (C=O) groups is 2. The van der Waals surface area contributed by atoms with Crippen molar-refractivity contribution in [2.45, 2.75) is 13.3 Å². The van der Waals surface area contributed by atoms with Crippen LogP contribution in [0.15, 0.2) is 39.3 Å². The monoisotopic (exact) mass is 648 g/mol. The maximum absolute atomic E-state index is 12.4. The van der Waals surface area contributed by atoms with Crippen LogP contribution in [0, 0.1) is 3.57 Å². The first-order valence-corrected chi connectivity index (χ1v) is 11.9. The van der Waals surface area contributed by atoms with Crippen molar-refractivity contribution < 1.29 is 19.1 Å². The van der Waals surface area contributed by atoms with Crippen LogP contribution in [0.5, 0.6) is 5.75 Å². The lowest BCUT2D eigenvalue weighted by Gasteiger charge is -2.11. The third-order valence-electron chi connectivity index (χ3n) is 4.16. The average Bonchev–Trinajstić information content (AvgIpc) is 2.99. The van der Waals surface area contributed by atoms with Gasteiger partial charge in [-0.15, -0.1) is 0 Å². The molecule has 1 heterocycles. The lowest BCUT2D eigenvalue weighted by molar-refractivity contribution is -0.110. The van der Waals surface area contributed by atoms with Crippen LogP contribution in [-0.4, -0.2) is 31.8 Å². The first-order chi connectivity index (χ1) is 14.4. The Labute approximate surface area is 205 Å². The Balaban J connectivity index is 1.74. The van der Waals surface area contributed by atoms with Crippen LogP contribution in [0.3, 0.4) is 0 Å².